The van der Waals surface area contributed by atoms with Gasteiger partial charge in [-0.15, -0.1) is 0 Å². The lowest BCUT2D eigenvalue weighted by Crippen LogP contribution is -2.47. The van der Waals surface area contributed by atoms with Crippen LogP contribution in [0.15, 0.2) is 59.5 Å². The van der Waals surface area contributed by atoms with Crippen molar-refractivity contribution < 1.29 is 37.3 Å². The van der Waals surface area contributed by atoms with E-state index in [1.165, 1.54) is 24.3 Å². The molecular weight excluding hydrogens is 494 g/mol. The molecule has 0 bridgehead atoms. The highest BCUT2D eigenvalue weighted by molar-refractivity contribution is 6.31. The quantitative estimate of drug-likeness (QED) is 0.242. The second kappa shape index (κ2) is 9.71. The summed E-state index contributed by atoms with van der Waals surface area (Å²) in [6, 6.07) is 9.30. The first-order valence-corrected chi connectivity index (χ1v) is 10.7. The number of rotatable bonds is 6. The fourth-order valence-corrected chi connectivity index (χ4v) is 4.15. The maximum absolute atomic E-state index is 14.2. The summed E-state index contributed by atoms with van der Waals surface area (Å²) in [6.07, 6.45) is -5.87. The monoisotopic (exact) mass is 513 g/mol. The van der Waals surface area contributed by atoms with Gasteiger partial charge in [-0.05, 0) is 47.9 Å². The summed E-state index contributed by atoms with van der Waals surface area (Å²) in [5.74, 6) is -3.07. The number of hydrogen-bond donors (Lipinski definition) is 2. The standard InChI is InChI=1S/C24H20ClF4NO5/c1-3-30-12-16(6-9-21(30)31)23(34,24(27,28)29)13(2)17-7-4-14(10-18(17)25)15-5-8-19(26)20(11-15)35-22(32)33/h4-13,34H,3H2,1-2H3,(H,32,33). The molecule has 186 valence electrons. The highest BCUT2D eigenvalue weighted by atomic mass is 35.5. The molecule has 35 heavy (non-hydrogen) atoms. The van der Waals surface area contributed by atoms with Gasteiger partial charge < -0.3 is 19.5 Å². The molecule has 0 spiro atoms. The van der Waals surface area contributed by atoms with Gasteiger partial charge in [0, 0.05) is 35.3 Å². The van der Waals surface area contributed by atoms with E-state index in [0.29, 0.717) is 11.1 Å². The Morgan fingerprint density at radius 1 is 1.11 bits per heavy atom. The number of pyridine rings is 1. The smallest absolute Gasteiger partial charge is 0.449 e. The largest absolute Gasteiger partial charge is 0.511 e. The summed E-state index contributed by atoms with van der Waals surface area (Å²) in [5, 5.41) is 19.6. The van der Waals surface area contributed by atoms with E-state index in [1.807, 2.05) is 0 Å². The predicted octanol–water partition coefficient (Wildman–Crippen LogP) is 5.94. The number of hydrogen-bond acceptors (Lipinski definition) is 4. The van der Waals surface area contributed by atoms with Crippen LogP contribution >= 0.6 is 11.6 Å². The van der Waals surface area contributed by atoms with E-state index in [9.17, 15) is 32.3 Å². The van der Waals surface area contributed by atoms with Crippen molar-refractivity contribution in [2.45, 2.75) is 38.1 Å². The third kappa shape index (κ3) is 5.03. The zero-order chi connectivity index (χ0) is 26.1. The van der Waals surface area contributed by atoms with Gasteiger partial charge >= 0.3 is 12.3 Å². The summed E-state index contributed by atoms with van der Waals surface area (Å²) in [6.45, 7) is 2.85. The van der Waals surface area contributed by atoms with Crippen LogP contribution in [0.5, 0.6) is 5.75 Å². The van der Waals surface area contributed by atoms with Crippen LogP contribution < -0.4 is 10.3 Å². The molecule has 3 aromatic rings. The number of halogens is 5. The molecule has 2 atom stereocenters. The molecule has 2 unspecified atom stereocenters. The summed E-state index contributed by atoms with van der Waals surface area (Å²) in [7, 11) is 0. The minimum atomic E-state index is -5.12. The topological polar surface area (TPSA) is 88.8 Å². The molecule has 2 aromatic carbocycles. The third-order valence-electron chi connectivity index (χ3n) is 5.75. The maximum Gasteiger partial charge on any atom is 0.511 e. The second-order valence-electron chi connectivity index (χ2n) is 7.78. The van der Waals surface area contributed by atoms with Gasteiger partial charge in [0.25, 0.3) is 5.56 Å². The van der Waals surface area contributed by atoms with E-state index in [0.717, 1.165) is 42.0 Å². The minimum absolute atomic E-state index is 0.0337. The minimum Gasteiger partial charge on any atom is -0.449 e. The molecule has 0 amide bonds. The summed E-state index contributed by atoms with van der Waals surface area (Å²) in [5.41, 5.74) is -3.80. The fourth-order valence-electron chi connectivity index (χ4n) is 3.80. The molecule has 0 aliphatic heterocycles. The van der Waals surface area contributed by atoms with Crippen molar-refractivity contribution in [3.05, 3.63) is 87.0 Å². The molecule has 3 rings (SSSR count). The van der Waals surface area contributed by atoms with E-state index in [1.54, 1.807) is 6.92 Å². The number of aliphatic hydroxyl groups is 1. The molecule has 6 nitrogen and oxygen atoms in total. The Morgan fingerprint density at radius 3 is 2.31 bits per heavy atom. The van der Waals surface area contributed by atoms with E-state index in [-0.39, 0.29) is 17.1 Å². The van der Waals surface area contributed by atoms with Crippen LogP contribution in [0.1, 0.15) is 30.9 Å². The summed E-state index contributed by atoms with van der Waals surface area (Å²) >= 11 is 6.32. The van der Waals surface area contributed by atoms with Crippen molar-refractivity contribution in [3.63, 3.8) is 0 Å². The Kier molecular flexibility index (Phi) is 7.28. The fraction of sp³-hybridized carbons (Fsp3) is 0.250. The molecule has 2 N–H and O–H groups in total. The molecule has 0 radical (unpaired) electrons. The van der Waals surface area contributed by atoms with E-state index < -0.39 is 46.5 Å². The SMILES string of the molecule is CCn1cc(C(O)(C(C)c2ccc(-c3ccc(F)c(OC(=O)O)c3)cc2Cl)C(F)(F)F)ccc1=O. The predicted molar refractivity (Wildman–Crippen MR) is 120 cm³/mol. The van der Waals surface area contributed by atoms with Crippen molar-refractivity contribution in [2.24, 2.45) is 0 Å². The molecular formula is C24H20ClF4NO5. The summed E-state index contributed by atoms with van der Waals surface area (Å²) in [4.78, 5) is 22.6. The summed E-state index contributed by atoms with van der Waals surface area (Å²) < 4.78 is 62.0. The highest BCUT2D eigenvalue weighted by Gasteiger charge is 2.59. The molecule has 11 heteroatoms. The molecule has 1 heterocycles. The van der Waals surface area contributed by atoms with Gasteiger partial charge in [0.15, 0.2) is 17.2 Å². The van der Waals surface area contributed by atoms with Crippen molar-refractivity contribution >= 4 is 17.8 Å². The average Bonchev–Trinajstić information content (AvgIpc) is 2.78. The van der Waals surface area contributed by atoms with Crippen LogP contribution in [0.3, 0.4) is 0 Å². The van der Waals surface area contributed by atoms with Crippen LogP contribution in [-0.4, -0.2) is 27.1 Å². The molecule has 0 fully saturated rings. The number of benzene rings is 2. The average molecular weight is 514 g/mol. The first kappa shape index (κ1) is 26.2. The van der Waals surface area contributed by atoms with E-state index >= 15 is 0 Å². The third-order valence-corrected chi connectivity index (χ3v) is 6.08. The van der Waals surface area contributed by atoms with Crippen molar-refractivity contribution in [2.75, 3.05) is 0 Å². The number of aryl methyl sites for hydroxylation is 1. The molecule has 0 aliphatic carbocycles. The van der Waals surface area contributed by atoms with Crippen LogP contribution in [0.4, 0.5) is 22.4 Å². The number of alkyl halides is 3. The number of carboxylic acid groups (broad SMARTS) is 1. The number of nitrogens with zero attached hydrogens (tertiary/aromatic N) is 1. The molecule has 0 saturated carbocycles. The van der Waals surface area contributed by atoms with Gasteiger partial charge in [0.1, 0.15) is 0 Å². The van der Waals surface area contributed by atoms with Crippen LogP contribution in [0.25, 0.3) is 11.1 Å². The van der Waals surface area contributed by atoms with Gasteiger partial charge in [-0.25, -0.2) is 9.18 Å². The number of aromatic nitrogens is 1. The number of ether oxygens (including phenoxy) is 1. The lowest BCUT2D eigenvalue weighted by Gasteiger charge is -2.37. The normalized spacial score (nSPS) is 14.3. The van der Waals surface area contributed by atoms with Crippen LogP contribution in [0.2, 0.25) is 5.02 Å². The van der Waals surface area contributed by atoms with Gasteiger partial charge in [0.2, 0.25) is 0 Å². The lowest BCUT2D eigenvalue weighted by molar-refractivity contribution is -0.274. The Morgan fingerprint density at radius 2 is 1.74 bits per heavy atom. The second-order valence-corrected chi connectivity index (χ2v) is 8.18. The van der Waals surface area contributed by atoms with E-state index in [4.69, 9.17) is 16.7 Å². The first-order chi connectivity index (χ1) is 16.3. The maximum atomic E-state index is 14.2. The first-order valence-electron chi connectivity index (χ1n) is 10.3. The Balaban J connectivity index is 2.07. The zero-order valence-electron chi connectivity index (χ0n) is 18.4. The van der Waals surface area contributed by atoms with E-state index in [2.05, 4.69) is 4.74 Å². The van der Waals surface area contributed by atoms with Gasteiger partial charge in [0.05, 0.1) is 0 Å². The van der Waals surface area contributed by atoms with Crippen molar-refractivity contribution in [1.29, 1.82) is 0 Å². The van der Waals surface area contributed by atoms with Crippen molar-refractivity contribution in [3.8, 4) is 16.9 Å². The van der Waals surface area contributed by atoms with Gasteiger partial charge in [-0.2, -0.15) is 13.2 Å². The highest BCUT2D eigenvalue weighted by Crippen LogP contribution is 2.49. The molecule has 1 aromatic heterocycles. The number of carbonyl (C=O) groups is 1. The Bertz CT molecular complexity index is 1320. The zero-order valence-corrected chi connectivity index (χ0v) is 19.2. The molecule has 0 saturated heterocycles. The Hall–Kier alpha value is -3.37. The van der Waals surface area contributed by atoms with Crippen molar-refractivity contribution in [1.82, 2.24) is 4.57 Å². The Labute approximate surface area is 202 Å². The van der Waals surface area contributed by atoms with Crippen LogP contribution in [0, 0.1) is 5.82 Å². The van der Waals surface area contributed by atoms with Crippen LogP contribution in [-0.2, 0) is 12.1 Å². The molecule has 0 aliphatic rings. The van der Waals surface area contributed by atoms with Gasteiger partial charge in [-0.3, -0.25) is 4.79 Å². The lowest BCUT2D eigenvalue weighted by atomic mass is 9.78. The van der Waals surface area contributed by atoms with Gasteiger partial charge in [-0.1, -0.05) is 36.7 Å².